The monoisotopic (exact) mass is 309 g/mol. The molecule has 0 fully saturated rings. The highest BCUT2D eigenvalue weighted by Crippen LogP contribution is 2.21. The predicted molar refractivity (Wildman–Crippen MR) is 72.1 cm³/mol. The van der Waals surface area contributed by atoms with Gasteiger partial charge in [-0.05, 0) is 37.0 Å². The van der Waals surface area contributed by atoms with Gasteiger partial charge in [-0.1, -0.05) is 18.5 Å². The minimum absolute atomic E-state index is 0.0799. The maximum Gasteiger partial charge on any atom is 0.242 e. The zero-order valence-corrected chi connectivity index (χ0v) is 12.1. The van der Waals surface area contributed by atoms with Crippen LogP contribution in [0.1, 0.15) is 19.8 Å². The fraction of sp³-hybridized carbons (Fsp3) is 0.500. The fourth-order valence-corrected chi connectivity index (χ4v) is 3.12. The molecule has 0 aromatic heterocycles. The van der Waals surface area contributed by atoms with E-state index >= 15 is 0 Å². The lowest BCUT2D eigenvalue weighted by Crippen LogP contribution is -2.25. The van der Waals surface area contributed by atoms with Crippen LogP contribution in [0.3, 0.4) is 0 Å². The zero-order valence-electron chi connectivity index (χ0n) is 10.6. The lowest BCUT2D eigenvalue weighted by molar-refractivity contribution is 0.228. The maximum absolute atomic E-state index is 12.8. The highest BCUT2D eigenvalue weighted by Gasteiger charge is 2.17. The molecule has 0 amide bonds. The Labute approximate surface area is 117 Å². The summed E-state index contributed by atoms with van der Waals surface area (Å²) >= 11 is 5.71. The van der Waals surface area contributed by atoms with Crippen LogP contribution in [0.15, 0.2) is 23.1 Å². The zero-order chi connectivity index (χ0) is 14.5. The Balaban J connectivity index is 2.61. The van der Waals surface area contributed by atoms with Crippen molar-refractivity contribution in [1.29, 1.82) is 0 Å². The molecule has 19 heavy (non-hydrogen) atoms. The van der Waals surface area contributed by atoms with E-state index < -0.39 is 15.8 Å². The number of nitrogens with one attached hydrogen (secondary N) is 1. The summed E-state index contributed by atoms with van der Waals surface area (Å²) in [5.74, 6) is -0.445. The molecule has 1 aromatic carbocycles. The molecule has 7 heteroatoms. The van der Waals surface area contributed by atoms with Gasteiger partial charge < -0.3 is 5.11 Å². The van der Waals surface area contributed by atoms with Crippen LogP contribution >= 0.6 is 11.6 Å². The molecular weight excluding hydrogens is 293 g/mol. The van der Waals surface area contributed by atoms with Crippen molar-refractivity contribution in [2.24, 2.45) is 5.92 Å². The first kappa shape index (κ1) is 16.4. The summed E-state index contributed by atoms with van der Waals surface area (Å²) in [6.07, 6.45) is 1.33. The lowest BCUT2D eigenvalue weighted by atomic mass is 10.1. The van der Waals surface area contributed by atoms with Crippen molar-refractivity contribution in [2.45, 2.75) is 24.7 Å². The SMILES string of the molecule is CC(CO)CCCNS(=O)(=O)c1ccc(F)cc1Cl. The predicted octanol–water partition coefficient (Wildman–Crippen LogP) is 2.17. The number of hydrogen-bond acceptors (Lipinski definition) is 3. The Morgan fingerprint density at radius 1 is 1.47 bits per heavy atom. The minimum atomic E-state index is -3.72. The summed E-state index contributed by atoms with van der Waals surface area (Å²) in [6.45, 7) is 2.21. The Bertz CT molecular complexity index is 522. The van der Waals surface area contributed by atoms with Gasteiger partial charge >= 0.3 is 0 Å². The maximum atomic E-state index is 12.8. The van der Waals surface area contributed by atoms with Gasteiger partial charge in [-0.25, -0.2) is 17.5 Å². The standard InChI is InChI=1S/C12H17ClFNO3S/c1-9(8-16)3-2-6-15-19(17,18)12-5-4-10(14)7-11(12)13/h4-5,7,9,15-16H,2-3,6,8H2,1H3. The average Bonchev–Trinajstić information content (AvgIpc) is 2.33. The van der Waals surface area contributed by atoms with Gasteiger partial charge in [0.25, 0.3) is 0 Å². The smallest absolute Gasteiger partial charge is 0.242 e. The van der Waals surface area contributed by atoms with Crippen molar-refractivity contribution >= 4 is 21.6 Å². The topological polar surface area (TPSA) is 66.4 Å². The number of sulfonamides is 1. The van der Waals surface area contributed by atoms with E-state index in [0.717, 1.165) is 24.6 Å². The van der Waals surface area contributed by atoms with Gasteiger partial charge in [-0.15, -0.1) is 0 Å². The van der Waals surface area contributed by atoms with Crippen LogP contribution in [-0.4, -0.2) is 26.7 Å². The summed E-state index contributed by atoms with van der Waals surface area (Å²) < 4.78 is 39.1. The Kier molecular flexibility index (Phi) is 6.19. The van der Waals surface area contributed by atoms with Crippen molar-refractivity contribution in [3.63, 3.8) is 0 Å². The quantitative estimate of drug-likeness (QED) is 0.759. The summed E-state index contributed by atoms with van der Waals surface area (Å²) in [7, 11) is -3.72. The number of halogens is 2. The van der Waals surface area contributed by atoms with E-state index in [9.17, 15) is 12.8 Å². The van der Waals surface area contributed by atoms with Crippen molar-refractivity contribution in [2.75, 3.05) is 13.2 Å². The Morgan fingerprint density at radius 2 is 2.16 bits per heavy atom. The van der Waals surface area contributed by atoms with E-state index in [2.05, 4.69) is 4.72 Å². The Hall–Kier alpha value is -0.690. The molecule has 2 N–H and O–H groups in total. The average molecular weight is 310 g/mol. The van der Waals surface area contributed by atoms with Crippen molar-refractivity contribution in [3.8, 4) is 0 Å². The second-order valence-corrected chi connectivity index (χ2v) is 6.55. The molecule has 0 bridgehead atoms. The number of aliphatic hydroxyl groups is 1. The number of hydrogen-bond donors (Lipinski definition) is 2. The molecule has 1 aromatic rings. The molecule has 0 radical (unpaired) electrons. The molecule has 0 aliphatic heterocycles. The molecule has 108 valence electrons. The first-order valence-corrected chi connectivity index (χ1v) is 7.78. The van der Waals surface area contributed by atoms with E-state index in [0.29, 0.717) is 6.42 Å². The molecular formula is C12H17ClFNO3S. The number of aliphatic hydroxyl groups excluding tert-OH is 1. The molecule has 0 heterocycles. The van der Waals surface area contributed by atoms with Crippen LogP contribution in [0.25, 0.3) is 0 Å². The third-order valence-corrected chi connectivity index (χ3v) is 4.60. The van der Waals surface area contributed by atoms with E-state index in [1.807, 2.05) is 6.92 Å². The molecule has 0 aliphatic carbocycles. The summed E-state index contributed by atoms with van der Waals surface area (Å²) in [6, 6.07) is 3.15. The van der Waals surface area contributed by atoms with Gasteiger partial charge in [0, 0.05) is 13.2 Å². The first-order chi connectivity index (χ1) is 8.86. The molecule has 0 spiro atoms. The molecule has 1 unspecified atom stereocenters. The normalized spacial score (nSPS) is 13.5. The Morgan fingerprint density at radius 3 is 2.74 bits per heavy atom. The molecule has 4 nitrogen and oxygen atoms in total. The number of benzene rings is 1. The van der Waals surface area contributed by atoms with Gasteiger partial charge in [-0.3, -0.25) is 0 Å². The van der Waals surface area contributed by atoms with Gasteiger partial charge in [0.1, 0.15) is 10.7 Å². The van der Waals surface area contributed by atoms with Crippen LogP contribution in [0, 0.1) is 11.7 Å². The lowest BCUT2D eigenvalue weighted by Gasteiger charge is -2.10. The van der Waals surface area contributed by atoms with Crippen LogP contribution in [0.5, 0.6) is 0 Å². The highest BCUT2D eigenvalue weighted by atomic mass is 35.5. The van der Waals surface area contributed by atoms with Crippen molar-refractivity contribution in [3.05, 3.63) is 29.0 Å². The largest absolute Gasteiger partial charge is 0.396 e. The van der Waals surface area contributed by atoms with E-state index in [1.165, 1.54) is 0 Å². The summed E-state index contributed by atoms with van der Waals surface area (Å²) in [4.78, 5) is -0.134. The van der Waals surface area contributed by atoms with Crippen LogP contribution in [-0.2, 0) is 10.0 Å². The number of rotatable bonds is 7. The molecule has 0 aliphatic rings. The van der Waals surface area contributed by atoms with Gasteiger partial charge in [-0.2, -0.15) is 0 Å². The second-order valence-electron chi connectivity index (χ2n) is 4.40. The van der Waals surface area contributed by atoms with Crippen LogP contribution in [0.4, 0.5) is 4.39 Å². The molecule has 0 saturated heterocycles. The van der Waals surface area contributed by atoms with Crippen LogP contribution < -0.4 is 4.72 Å². The van der Waals surface area contributed by atoms with Gasteiger partial charge in [0.2, 0.25) is 10.0 Å². The van der Waals surface area contributed by atoms with Gasteiger partial charge in [0.15, 0.2) is 0 Å². The van der Waals surface area contributed by atoms with Crippen molar-refractivity contribution < 1.29 is 17.9 Å². The summed E-state index contributed by atoms with van der Waals surface area (Å²) in [5.41, 5.74) is 0. The minimum Gasteiger partial charge on any atom is -0.396 e. The highest BCUT2D eigenvalue weighted by molar-refractivity contribution is 7.89. The molecule has 0 saturated carbocycles. The van der Waals surface area contributed by atoms with E-state index in [-0.39, 0.29) is 29.0 Å². The van der Waals surface area contributed by atoms with E-state index in [1.54, 1.807) is 0 Å². The fourth-order valence-electron chi connectivity index (χ4n) is 1.52. The third-order valence-electron chi connectivity index (χ3n) is 2.66. The van der Waals surface area contributed by atoms with Crippen molar-refractivity contribution in [1.82, 2.24) is 4.72 Å². The molecule has 1 rings (SSSR count). The third kappa shape index (κ3) is 5.06. The van der Waals surface area contributed by atoms with Crippen LogP contribution in [0.2, 0.25) is 5.02 Å². The van der Waals surface area contributed by atoms with E-state index in [4.69, 9.17) is 16.7 Å². The van der Waals surface area contributed by atoms with Gasteiger partial charge in [0.05, 0.1) is 5.02 Å². The summed E-state index contributed by atoms with van der Waals surface area (Å²) in [5, 5.41) is 8.70. The molecule has 1 atom stereocenters. The second kappa shape index (κ2) is 7.19. The first-order valence-electron chi connectivity index (χ1n) is 5.92.